The largest absolute Gasteiger partial charge is 0.299 e. The van der Waals surface area contributed by atoms with Gasteiger partial charge in [-0.2, -0.15) is 0 Å². The summed E-state index contributed by atoms with van der Waals surface area (Å²) >= 11 is 0. The Kier molecular flexibility index (Phi) is 3.91. The van der Waals surface area contributed by atoms with E-state index in [2.05, 4.69) is 13.8 Å². The predicted molar refractivity (Wildman–Crippen MR) is 60.2 cm³/mol. The summed E-state index contributed by atoms with van der Waals surface area (Å²) in [5.74, 6) is 0.769. The zero-order chi connectivity index (χ0) is 10.6. The highest BCUT2D eigenvalue weighted by molar-refractivity contribution is 5.82. The second kappa shape index (κ2) is 4.77. The van der Waals surface area contributed by atoms with Crippen LogP contribution in [0.5, 0.6) is 0 Å². The van der Waals surface area contributed by atoms with Crippen LogP contribution in [0.15, 0.2) is 12.2 Å². The molecular weight excluding hydrogens is 172 g/mol. The molecule has 0 radical (unpaired) electrons. The molecule has 1 saturated carbocycles. The first-order valence-electron chi connectivity index (χ1n) is 5.69. The third-order valence-corrected chi connectivity index (χ3v) is 3.22. The first kappa shape index (κ1) is 11.5. The molecule has 1 atom stereocenters. The van der Waals surface area contributed by atoms with Crippen LogP contribution in [-0.4, -0.2) is 5.78 Å². The number of ketones is 1. The molecule has 1 aliphatic rings. The van der Waals surface area contributed by atoms with Crippen LogP contribution in [0.1, 0.15) is 52.9 Å². The van der Waals surface area contributed by atoms with Gasteiger partial charge in [-0.3, -0.25) is 4.79 Å². The van der Waals surface area contributed by atoms with Gasteiger partial charge in [-0.1, -0.05) is 32.4 Å². The predicted octanol–water partition coefficient (Wildman–Crippen LogP) is 3.74. The number of carbonyl (C=O) groups is 1. The Balaban J connectivity index is 2.47. The van der Waals surface area contributed by atoms with E-state index in [1.165, 1.54) is 12.8 Å². The smallest absolute Gasteiger partial charge is 0.139 e. The van der Waals surface area contributed by atoms with E-state index >= 15 is 0 Å². The molecule has 0 aliphatic heterocycles. The van der Waals surface area contributed by atoms with Crippen LogP contribution in [0.25, 0.3) is 0 Å². The van der Waals surface area contributed by atoms with E-state index in [0.29, 0.717) is 23.5 Å². The maximum Gasteiger partial charge on any atom is 0.139 e. The zero-order valence-corrected chi connectivity index (χ0v) is 9.68. The van der Waals surface area contributed by atoms with Gasteiger partial charge < -0.3 is 0 Å². The number of carbonyl (C=O) groups excluding carboxylic acids is 1. The standard InChI is InChI=1S/C13H22O/c1-4-5-8-12(14)11-7-6-9-13(2,3)10-11/h4-5,11H,6-10H2,1-3H3. The summed E-state index contributed by atoms with van der Waals surface area (Å²) in [5, 5.41) is 0. The normalized spacial score (nSPS) is 26.6. The molecule has 1 unspecified atom stereocenters. The molecule has 0 saturated heterocycles. The molecule has 0 bridgehead atoms. The number of Topliss-reactive ketones (excluding diaryl/α,β-unsaturated/α-hetero) is 1. The molecule has 0 heterocycles. The quantitative estimate of drug-likeness (QED) is 0.625. The molecule has 1 heteroatoms. The third kappa shape index (κ3) is 3.28. The molecule has 1 rings (SSSR count). The molecule has 0 aromatic heterocycles. The second-order valence-electron chi connectivity index (χ2n) is 5.20. The van der Waals surface area contributed by atoms with Crippen molar-refractivity contribution in [1.29, 1.82) is 0 Å². The summed E-state index contributed by atoms with van der Waals surface area (Å²) in [6, 6.07) is 0. The Morgan fingerprint density at radius 1 is 1.50 bits per heavy atom. The average Bonchev–Trinajstić information content (AvgIpc) is 2.12. The van der Waals surface area contributed by atoms with Crippen LogP contribution in [-0.2, 0) is 4.79 Å². The van der Waals surface area contributed by atoms with Crippen molar-refractivity contribution in [2.24, 2.45) is 11.3 Å². The fourth-order valence-corrected chi connectivity index (χ4v) is 2.37. The van der Waals surface area contributed by atoms with Gasteiger partial charge in [-0.05, 0) is 31.6 Å². The number of hydrogen-bond donors (Lipinski definition) is 0. The van der Waals surface area contributed by atoms with Crippen LogP contribution in [0.4, 0.5) is 0 Å². The molecule has 14 heavy (non-hydrogen) atoms. The lowest BCUT2D eigenvalue weighted by Crippen LogP contribution is -2.27. The fourth-order valence-electron chi connectivity index (χ4n) is 2.37. The molecule has 1 nitrogen and oxygen atoms in total. The van der Waals surface area contributed by atoms with Crippen molar-refractivity contribution >= 4 is 5.78 Å². The fraction of sp³-hybridized carbons (Fsp3) is 0.769. The van der Waals surface area contributed by atoms with E-state index in [0.717, 1.165) is 12.8 Å². The van der Waals surface area contributed by atoms with Crippen molar-refractivity contribution < 1.29 is 4.79 Å². The van der Waals surface area contributed by atoms with Gasteiger partial charge in [0.2, 0.25) is 0 Å². The third-order valence-electron chi connectivity index (χ3n) is 3.22. The van der Waals surface area contributed by atoms with Crippen molar-refractivity contribution in [3.63, 3.8) is 0 Å². The molecule has 1 aliphatic carbocycles. The van der Waals surface area contributed by atoms with Crippen molar-refractivity contribution in [1.82, 2.24) is 0 Å². The molecular formula is C13H22O. The Morgan fingerprint density at radius 2 is 2.21 bits per heavy atom. The summed E-state index contributed by atoms with van der Waals surface area (Å²) in [6.45, 7) is 6.53. The summed E-state index contributed by atoms with van der Waals surface area (Å²) < 4.78 is 0. The van der Waals surface area contributed by atoms with Gasteiger partial charge in [0.25, 0.3) is 0 Å². The Morgan fingerprint density at radius 3 is 2.79 bits per heavy atom. The average molecular weight is 194 g/mol. The van der Waals surface area contributed by atoms with E-state index in [1.54, 1.807) is 0 Å². The Labute approximate surface area is 87.6 Å². The topological polar surface area (TPSA) is 17.1 Å². The summed E-state index contributed by atoms with van der Waals surface area (Å²) in [7, 11) is 0. The Bertz CT molecular complexity index is 225. The summed E-state index contributed by atoms with van der Waals surface area (Å²) in [5.41, 5.74) is 0.383. The highest BCUT2D eigenvalue weighted by atomic mass is 16.1. The molecule has 0 aromatic rings. The molecule has 1 fully saturated rings. The lowest BCUT2D eigenvalue weighted by Gasteiger charge is -2.34. The molecule has 0 N–H and O–H groups in total. The van der Waals surface area contributed by atoms with E-state index < -0.39 is 0 Å². The minimum absolute atomic E-state index is 0.329. The highest BCUT2D eigenvalue weighted by Gasteiger charge is 2.30. The SMILES string of the molecule is CC=CCC(=O)C1CCCC(C)(C)C1. The van der Waals surface area contributed by atoms with Gasteiger partial charge in [0.05, 0.1) is 0 Å². The van der Waals surface area contributed by atoms with Gasteiger partial charge in [-0.15, -0.1) is 0 Å². The summed E-state index contributed by atoms with van der Waals surface area (Å²) in [4.78, 5) is 11.8. The lowest BCUT2D eigenvalue weighted by atomic mass is 9.70. The number of hydrogen-bond acceptors (Lipinski definition) is 1. The molecule has 80 valence electrons. The van der Waals surface area contributed by atoms with Crippen LogP contribution in [0.3, 0.4) is 0 Å². The lowest BCUT2D eigenvalue weighted by molar-refractivity contribution is -0.124. The first-order valence-corrected chi connectivity index (χ1v) is 5.69. The minimum atomic E-state index is 0.329. The zero-order valence-electron chi connectivity index (χ0n) is 9.68. The molecule has 0 amide bonds. The van der Waals surface area contributed by atoms with Gasteiger partial charge in [0.15, 0.2) is 0 Å². The maximum absolute atomic E-state index is 11.8. The van der Waals surface area contributed by atoms with Gasteiger partial charge in [0.1, 0.15) is 5.78 Å². The second-order valence-corrected chi connectivity index (χ2v) is 5.20. The first-order chi connectivity index (χ1) is 6.55. The van der Waals surface area contributed by atoms with E-state index in [4.69, 9.17) is 0 Å². The number of rotatable bonds is 3. The highest BCUT2D eigenvalue weighted by Crippen LogP contribution is 2.39. The monoisotopic (exact) mass is 194 g/mol. The van der Waals surface area contributed by atoms with Crippen LogP contribution in [0.2, 0.25) is 0 Å². The van der Waals surface area contributed by atoms with Gasteiger partial charge >= 0.3 is 0 Å². The van der Waals surface area contributed by atoms with Gasteiger partial charge in [0, 0.05) is 12.3 Å². The van der Waals surface area contributed by atoms with Crippen LogP contribution >= 0.6 is 0 Å². The van der Waals surface area contributed by atoms with Crippen molar-refractivity contribution in [3.05, 3.63) is 12.2 Å². The minimum Gasteiger partial charge on any atom is -0.299 e. The van der Waals surface area contributed by atoms with Crippen molar-refractivity contribution in [2.45, 2.75) is 52.9 Å². The van der Waals surface area contributed by atoms with Crippen LogP contribution in [0, 0.1) is 11.3 Å². The van der Waals surface area contributed by atoms with E-state index in [9.17, 15) is 4.79 Å². The van der Waals surface area contributed by atoms with Crippen LogP contribution < -0.4 is 0 Å². The van der Waals surface area contributed by atoms with Crippen molar-refractivity contribution in [3.8, 4) is 0 Å². The van der Waals surface area contributed by atoms with E-state index in [1.807, 2.05) is 19.1 Å². The molecule has 0 spiro atoms. The van der Waals surface area contributed by atoms with E-state index in [-0.39, 0.29) is 0 Å². The summed E-state index contributed by atoms with van der Waals surface area (Å²) in [6.07, 6.45) is 9.27. The maximum atomic E-state index is 11.8. The number of allylic oxidation sites excluding steroid dienone is 2. The Hall–Kier alpha value is -0.590. The molecule has 0 aromatic carbocycles. The van der Waals surface area contributed by atoms with Gasteiger partial charge in [-0.25, -0.2) is 0 Å². The van der Waals surface area contributed by atoms with Crippen molar-refractivity contribution in [2.75, 3.05) is 0 Å².